The number of nitrogens with one attached hydrogen (secondary N) is 2. The fourth-order valence-electron chi connectivity index (χ4n) is 9.23. The number of pyridine rings is 4. The van der Waals surface area contributed by atoms with Crippen molar-refractivity contribution in [3.05, 3.63) is 207 Å². The molecular weight excluding hydrogens is 1120 g/mol. The van der Waals surface area contributed by atoms with E-state index in [0.29, 0.717) is 41.4 Å². The lowest BCUT2D eigenvalue weighted by molar-refractivity contribution is -0.134. The van der Waals surface area contributed by atoms with Crippen LogP contribution in [0.25, 0.3) is 31.0 Å². The minimum atomic E-state index is -0.611. The van der Waals surface area contributed by atoms with Crippen molar-refractivity contribution in [1.82, 2.24) is 35.7 Å². The maximum Gasteiger partial charge on any atom is 0.166 e. The van der Waals surface area contributed by atoms with Gasteiger partial charge in [-0.05, 0) is 150 Å². The van der Waals surface area contributed by atoms with Gasteiger partial charge < -0.3 is 24.6 Å². The first kappa shape index (κ1) is 63.8. The molecule has 2 N–H and O–H groups in total. The van der Waals surface area contributed by atoms with Gasteiger partial charge in [-0.3, -0.25) is 34.3 Å². The third kappa shape index (κ3) is 17.9. The van der Waals surface area contributed by atoms with Gasteiger partial charge in [-0.1, -0.05) is 80.0 Å². The summed E-state index contributed by atoms with van der Waals surface area (Å²) in [5.41, 5.74) is 9.62. The summed E-state index contributed by atoms with van der Waals surface area (Å²) >= 11 is 3.09. The number of fused-ring (bicyclic) bond motifs is 2. The van der Waals surface area contributed by atoms with E-state index in [9.17, 15) is 23.2 Å². The molecule has 0 amide bonds. The summed E-state index contributed by atoms with van der Waals surface area (Å²) in [5.74, 6) is 1.40. The quantitative estimate of drug-likeness (QED) is 0.0486. The number of Topliss-reactive ketones (excluding diaryl/α,β-unsaturated/α-hetero) is 3. The average Bonchev–Trinajstić information content (AvgIpc) is 2.97. The summed E-state index contributed by atoms with van der Waals surface area (Å²) in [6.45, 7) is 19.6. The molecule has 7 aromatic heterocycles. The SMILES string of the molecule is CCC(=O)C1(C(=O)Cc2ccc(C)cc2)CC1.CCCNCc1ccc(-c2cc3nccc(Oc4ccc(C)cc4F)c3s2)nc1.CCCNCc1ccc(C)nc1.Cc1cc(CC(=O)Cc2ccc(Oc3ccnc4cc(C)sc34)c(F)c2)no1. The molecule has 11 rings (SSSR count). The summed E-state index contributed by atoms with van der Waals surface area (Å²) in [7, 11) is 0. The topological polar surface area (TPSA) is 171 Å². The summed E-state index contributed by atoms with van der Waals surface area (Å²) in [6, 6.07) is 34.9. The van der Waals surface area contributed by atoms with E-state index in [1.165, 1.54) is 29.7 Å². The van der Waals surface area contributed by atoms with E-state index in [1.54, 1.807) is 78.4 Å². The number of ether oxygens (including phenoxy) is 2. The number of carbonyl (C=O) groups is 3. The Morgan fingerprint density at radius 1 is 0.570 bits per heavy atom. The maximum atomic E-state index is 14.5. The van der Waals surface area contributed by atoms with E-state index in [0.717, 1.165) is 104 Å². The Balaban J connectivity index is 0.000000157. The minimum absolute atomic E-state index is 0.0636. The molecule has 17 heteroatoms. The Hall–Kier alpha value is -8.22. The van der Waals surface area contributed by atoms with Crippen LogP contribution >= 0.6 is 22.7 Å². The lowest BCUT2D eigenvalue weighted by Gasteiger charge is -2.11. The second-order valence-corrected chi connectivity index (χ2v) is 23.7. The molecule has 0 spiro atoms. The third-order valence-corrected chi connectivity index (χ3v) is 16.3. The molecule has 1 aliphatic rings. The number of aromatic nitrogens is 5. The van der Waals surface area contributed by atoms with Crippen LogP contribution in [0.4, 0.5) is 8.78 Å². The van der Waals surface area contributed by atoms with Crippen molar-refractivity contribution < 1.29 is 37.2 Å². The van der Waals surface area contributed by atoms with Crippen LogP contribution in [0.2, 0.25) is 0 Å². The largest absolute Gasteiger partial charge is 0.453 e. The molecule has 86 heavy (non-hydrogen) atoms. The van der Waals surface area contributed by atoms with E-state index in [-0.39, 0.29) is 47.5 Å². The van der Waals surface area contributed by atoms with E-state index in [2.05, 4.69) is 61.7 Å². The highest BCUT2D eigenvalue weighted by molar-refractivity contribution is 7.22. The number of hydrogen-bond acceptors (Lipinski definition) is 15. The second-order valence-electron chi connectivity index (χ2n) is 21.4. The lowest BCUT2D eigenvalue weighted by atomic mass is 9.89. The zero-order chi connectivity index (χ0) is 61.2. The summed E-state index contributed by atoms with van der Waals surface area (Å²) in [5, 5.41) is 10.5. The van der Waals surface area contributed by atoms with Crippen LogP contribution in [-0.4, -0.2) is 55.5 Å². The Labute approximate surface area is 509 Å². The number of hydrogen-bond donors (Lipinski definition) is 2. The zero-order valence-corrected chi connectivity index (χ0v) is 51.7. The zero-order valence-electron chi connectivity index (χ0n) is 50.0. The third-order valence-electron chi connectivity index (χ3n) is 14.0. The second kappa shape index (κ2) is 30.7. The average molecular weight is 1200 g/mol. The minimum Gasteiger partial charge on any atom is -0.453 e. The van der Waals surface area contributed by atoms with Crippen LogP contribution in [0.1, 0.15) is 108 Å². The van der Waals surface area contributed by atoms with Gasteiger partial charge in [0.1, 0.15) is 28.8 Å². The molecule has 0 radical (unpaired) electrons. The van der Waals surface area contributed by atoms with E-state index in [1.807, 2.05) is 102 Å². The van der Waals surface area contributed by atoms with Crippen LogP contribution in [-0.2, 0) is 46.7 Å². The smallest absolute Gasteiger partial charge is 0.166 e. The molecule has 13 nitrogen and oxygen atoms in total. The summed E-state index contributed by atoms with van der Waals surface area (Å²) < 4.78 is 47.1. The molecule has 10 aromatic rings. The van der Waals surface area contributed by atoms with Crippen LogP contribution in [0.3, 0.4) is 0 Å². The van der Waals surface area contributed by atoms with Crippen molar-refractivity contribution in [3.63, 3.8) is 0 Å². The maximum absolute atomic E-state index is 14.5. The molecule has 7 heterocycles. The molecule has 0 aliphatic heterocycles. The number of thiophene rings is 2. The van der Waals surface area contributed by atoms with Gasteiger partial charge >= 0.3 is 0 Å². The molecule has 1 saturated carbocycles. The van der Waals surface area contributed by atoms with Crippen molar-refractivity contribution in [2.24, 2.45) is 5.41 Å². The van der Waals surface area contributed by atoms with Gasteiger partial charge in [0.25, 0.3) is 0 Å². The number of carbonyl (C=O) groups excluding carboxylic acids is 3. The van der Waals surface area contributed by atoms with Crippen LogP contribution < -0.4 is 20.1 Å². The predicted molar refractivity (Wildman–Crippen MR) is 338 cm³/mol. The number of halogens is 2. The summed E-state index contributed by atoms with van der Waals surface area (Å²) in [6.07, 6.45) is 12.1. The van der Waals surface area contributed by atoms with Gasteiger partial charge in [0.05, 0.1) is 48.5 Å². The fourth-order valence-corrected chi connectivity index (χ4v) is 11.2. The van der Waals surface area contributed by atoms with Crippen molar-refractivity contribution in [2.45, 2.75) is 120 Å². The Kier molecular flexibility index (Phi) is 22.8. The Morgan fingerprint density at radius 2 is 1.15 bits per heavy atom. The van der Waals surface area contributed by atoms with Crippen molar-refractivity contribution in [2.75, 3.05) is 13.1 Å². The molecule has 0 bridgehead atoms. The molecule has 0 atom stereocenters. The molecular formula is C69H73F2N7O6S2. The highest BCUT2D eigenvalue weighted by Gasteiger charge is 2.54. The summed E-state index contributed by atoms with van der Waals surface area (Å²) in [4.78, 5) is 55.8. The number of rotatable bonds is 22. The highest BCUT2D eigenvalue weighted by atomic mass is 32.1. The molecule has 0 saturated heterocycles. The predicted octanol–water partition coefficient (Wildman–Crippen LogP) is 16.0. The van der Waals surface area contributed by atoms with Crippen LogP contribution in [0.5, 0.6) is 23.0 Å². The monoisotopic (exact) mass is 1200 g/mol. The van der Waals surface area contributed by atoms with Gasteiger partial charge in [-0.2, -0.15) is 0 Å². The molecule has 446 valence electrons. The molecule has 0 unspecified atom stereocenters. The van der Waals surface area contributed by atoms with Gasteiger partial charge in [0.15, 0.2) is 28.9 Å². The normalized spacial score (nSPS) is 12.1. The van der Waals surface area contributed by atoms with Gasteiger partial charge in [0.2, 0.25) is 0 Å². The number of benzene rings is 3. The van der Waals surface area contributed by atoms with Gasteiger partial charge in [-0.15, -0.1) is 22.7 Å². The first-order valence-electron chi connectivity index (χ1n) is 29.0. The highest BCUT2D eigenvalue weighted by Crippen LogP contribution is 2.49. The first-order chi connectivity index (χ1) is 41.5. The molecule has 3 aromatic carbocycles. The molecule has 1 fully saturated rings. The Bertz CT molecular complexity index is 3880. The fraction of sp³-hybridized carbons (Fsp3) is 0.304. The van der Waals surface area contributed by atoms with E-state index in [4.69, 9.17) is 14.0 Å². The van der Waals surface area contributed by atoms with Crippen LogP contribution in [0, 0.1) is 51.7 Å². The number of ketones is 3. The first-order valence-corrected chi connectivity index (χ1v) is 30.6. The van der Waals surface area contributed by atoms with E-state index >= 15 is 0 Å². The number of nitrogens with zero attached hydrogens (tertiary/aromatic N) is 5. The lowest BCUT2D eigenvalue weighted by Crippen LogP contribution is -2.26. The van der Waals surface area contributed by atoms with Crippen LogP contribution in [0.15, 0.2) is 145 Å². The number of aryl methyl sites for hydroxylation is 5. The van der Waals surface area contributed by atoms with Gasteiger partial charge in [0, 0.05) is 85.9 Å². The Morgan fingerprint density at radius 3 is 1.71 bits per heavy atom. The van der Waals surface area contributed by atoms with Crippen molar-refractivity contribution in [1.29, 1.82) is 0 Å². The standard InChI is InChI=1S/C23H22FN3OS.C21H17FN2O3S.C15H18O2.C10H16N2/c1-3-9-25-13-16-5-6-18(27-14-16)22-12-19-23(29-22)21(8-10-26-19)28-20-7-4-15(2)11-17(20)24;1-12-7-15(24-27-12)11-16(25)9-14-3-4-19(17(22)10-14)26-20-5-6-23-18-8-13(2)28-21(18)20;1-3-13(16)15(8-9-15)14(17)10-12-6-4-11(2)5-7-12;1-3-6-11-7-10-5-4-9(2)12-8-10/h4-8,10-12,14,25H,3,9,13H2,1-2H3;3-8,10H,9,11H2,1-2H3;4-7H,3,8-10H2,1-2H3;4-5,8,11H,3,6-7H2,1-2H3. The molecule has 1 aliphatic carbocycles. The van der Waals surface area contributed by atoms with Gasteiger partial charge in [-0.25, -0.2) is 8.78 Å². The van der Waals surface area contributed by atoms with Crippen molar-refractivity contribution in [3.8, 4) is 33.6 Å². The van der Waals surface area contributed by atoms with E-state index < -0.39 is 11.2 Å². The van der Waals surface area contributed by atoms with Crippen molar-refractivity contribution >= 4 is 60.5 Å².